The molecule has 5 N–H and O–H groups in total. The van der Waals surface area contributed by atoms with Gasteiger partial charge in [0.1, 0.15) is 29.7 Å². The number of aliphatic hydroxyl groups is 4. The van der Waals surface area contributed by atoms with Crippen LogP contribution in [0.5, 0.6) is 5.75 Å². The summed E-state index contributed by atoms with van der Waals surface area (Å²) < 4.78 is 32.8. The molecule has 14 heteroatoms. The lowest BCUT2D eigenvalue weighted by Gasteiger charge is -2.45. The zero-order valence-corrected chi connectivity index (χ0v) is 23.1. The Bertz CT molecular complexity index is 1210. The first-order valence-electron chi connectivity index (χ1n) is 13.2. The van der Waals surface area contributed by atoms with Crippen molar-refractivity contribution in [3.8, 4) is 5.75 Å². The van der Waals surface area contributed by atoms with Gasteiger partial charge in [-0.2, -0.15) is 0 Å². The molecule has 0 aromatic heterocycles. The summed E-state index contributed by atoms with van der Waals surface area (Å²) in [4.78, 5) is 36.8. The van der Waals surface area contributed by atoms with Crippen LogP contribution in [0.15, 0.2) is 42.2 Å². The Balaban J connectivity index is 1.51. The lowest BCUT2D eigenvalue weighted by Crippen LogP contribution is -2.62. The predicted molar refractivity (Wildman–Crippen MR) is 139 cm³/mol. The second-order valence-corrected chi connectivity index (χ2v) is 10.5. The zero-order chi connectivity index (χ0) is 30.8. The first-order valence-corrected chi connectivity index (χ1v) is 13.2. The number of phenols is 1. The molecule has 1 aromatic carbocycles. The third-order valence-corrected chi connectivity index (χ3v) is 7.55. The highest BCUT2D eigenvalue weighted by Gasteiger charge is 2.62. The quantitative estimate of drug-likeness (QED) is 0.146. The maximum absolute atomic E-state index is 12.4. The van der Waals surface area contributed by atoms with Crippen LogP contribution in [0.1, 0.15) is 25.8 Å². The number of fused-ring (bicyclic) bond motifs is 1. The Hall–Kier alpha value is -3.53. The van der Waals surface area contributed by atoms with Crippen molar-refractivity contribution in [3.63, 3.8) is 0 Å². The van der Waals surface area contributed by atoms with Gasteiger partial charge < -0.3 is 54.0 Å². The number of methoxy groups -OCH3 is 1. The first-order chi connectivity index (χ1) is 19.9. The van der Waals surface area contributed by atoms with Gasteiger partial charge >= 0.3 is 17.9 Å². The monoisotopic (exact) mass is 594 g/mol. The van der Waals surface area contributed by atoms with Gasteiger partial charge in [0, 0.05) is 25.3 Å². The molecule has 42 heavy (non-hydrogen) atoms. The van der Waals surface area contributed by atoms with Crippen molar-refractivity contribution in [2.45, 2.75) is 69.0 Å². The molecule has 230 valence electrons. The predicted octanol–water partition coefficient (Wildman–Crippen LogP) is -0.495. The SMILES string of the molecule is COC(=O)C1=COC(O[C@@H]2O[C@H](CO)[C@@H](OC(=O)/C=C/c3ccc(O)cc3)[C@H](O)[C@H]2O)[C@H]2[C@@H]1[C@H](O)C[C@]2(C)OC(C)=O. The number of rotatable bonds is 8. The van der Waals surface area contributed by atoms with Gasteiger partial charge in [0.25, 0.3) is 0 Å². The minimum Gasteiger partial charge on any atom is -0.508 e. The lowest BCUT2D eigenvalue weighted by molar-refractivity contribution is -0.347. The number of ether oxygens (including phenoxy) is 6. The van der Waals surface area contributed by atoms with E-state index in [1.165, 1.54) is 32.1 Å². The van der Waals surface area contributed by atoms with Crippen LogP contribution in [0.3, 0.4) is 0 Å². The molecule has 1 saturated carbocycles. The van der Waals surface area contributed by atoms with Crippen LogP contribution in [0, 0.1) is 11.8 Å². The molecule has 1 aromatic rings. The molecule has 10 atom stereocenters. The molecule has 1 unspecified atom stereocenters. The van der Waals surface area contributed by atoms with Gasteiger partial charge in [-0.1, -0.05) is 12.1 Å². The summed E-state index contributed by atoms with van der Waals surface area (Å²) in [5.41, 5.74) is -0.827. The fraction of sp³-hybridized carbons (Fsp3) is 0.536. The second kappa shape index (κ2) is 12.8. The fourth-order valence-corrected chi connectivity index (χ4v) is 5.68. The lowest BCUT2D eigenvalue weighted by atomic mass is 9.80. The van der Waals surface area contributed by atoms with E-state index in [1.807, 2.05) is 0 Å². The number of hydrogen-bond acceptors (Lipinski definition) is 14. The molecular weight excluding hydrogens is 560 g/mol. The molecule has 3 aliphatic rings. The maximum atomic E-state index is 12.4. The molecule has 0 bridgehead atoms. The van der Waals surface area contributed by atoms with E-state index in [0.717, 1.165) is 19.4 Å². The number of aliphatic hydroxyl groups excluding tert-OH is 4. The number of esters is 3. The van der Waals surface area contributed by atoms with E-state index in [4.69, 9.17) is 28.4 Å². The topological polar surface area (TPSA) is 208 Å². The van der Waals surface area contributed by atoms with Gasteiger partial charge in [-0.05, 0) is 30.7 Å². The number of carbonyl (C=O) groups is 3. The smallest absolute Gasteiger partial charge is 0.337 e. The normalized spacial score (nSPS) is 36.0. The van der Waals surface area contributed by atoms with E-state index in [2.05, 4.69) is 0 Å². The van der Waals surface area contributed by atoms with E-state index in [-0.39, 0.29) is 17.7 Å². The minimum atomic E-state index is -1.81. The summed E-state index contributed by atoms with van der Waals surface area (Å²) >= 11 is 0. The Morgan fingerprint density at radius 1 is 1.10 bits per heavy atom. The minimum absolute atomic E-state index is 0.0172. The van der Waals surface area contributed by atoms with Gasteiger partial charge in [-0.15, -0.1) is 0 Å². The van der Waals surface area contributed by atoms with Gasteiger partial charge in [0.2, 0.25) is 6.29 Å². The first kappa shape index (κ1) is 31.4. The van der Waals surface area contributed by atoms with E-state index in [9.17, 15) is 39.9 Å². The third-order valence-electron chi connectivity index (χ3n) is 7.55. The van der Waals surface area contributed by atoms with E-state index in [1.54, 1.807) is 12.1 Å². The summed E-state index contributed by atoms with van der Waals surface area (Å²) in [6.07, 6.45) is -7.17. The van der Waals surface area contributed by atoms with Gasteiger partial charge in [-0.3, -0.25) is 4.79 Å². The summed E-state index contributed by atoms with van der Waals surface area (Å²) in [5.74, 6) is -4.24. The average Bonchev–Trinajstić information content (AvgIpc) is 3.21. The Morgan fingerprint density at radius 3 is 2.40 bits per heavy atom. The summed E-state index contributed by atoms with van der Waals surface area (Å²) in [6, 6.07) is 5.95. The van der Waals surface area contributed by atoms with Crippen LogP contribution in [0.4, 0.5) is 0 Å². The second-order valence-electron chi connectivity index (χ2n) is 10.5. The molecule has 1 saturated heterocycles. The van der Waals surface area contributed by atoms with Crippen LogP contribution < -0.4 is 0 Å². The van der Waals surface area contributed by atoms with Crippen LogP contribution >= 0.6 is 0 Å². The molecule has 2 heterocycles. The van der Waals surface area contributed by atoms with Gasteiger partial charge in [-0.25, -0.2) is 9.59 Å². The standard InChI is InChI=1S/C28H34O14/c1-13(30)42-28(2)10-17(32)20-16(25(36)37-3)12-38-26(21(20)28)41-27-23(35)22(34)24(18(11-29)39-27)40-19(33)9-6-14-4-7-15(31)8-5-14/h4-9,12,17-18,20-24,26-27,29,31-32,34-35H,10-11H2,1-3H3/b9-6+/t17-,18-,20+,21-,22-,23-,24-,26?,27+,28+/m1/s1. The van der Waals surface area contributed by atoms with Crippen molar-refractivity contribution in [2.24, 2.45) is 11.8 Å². The molecule has 0 spiro atoms. The van der Waals surface area contributed by atoms with E-state index < -0.39 is 85.1 Å². The van der Waals surface area contributed by atoms with Gasteiger partial charge in [0.05, 0.1) is 37.6 Å². The van der Waals surface area contributed by atoms with Gasteiger partial charge in [0.15, 0.2) is 12.4 Å². The summed E-state index contributed by atoms with van der Waals surface area (Å²) in [7, 11) is 1.16. The third kappa shape index (κ3) is 6.43. The number of hydrogen-bond donors (Lipinski definition) is 5. The van der Waals surface area contributed by atoms with Crippen molar-refractivity contribution in [2.75, 3.05) is 13.7 Å². The van der Waals surface area contributed by atoms with Crippen LogP contribution in [0.25, 0.3) is 6.08 Å². The highest BCUT2D eigenvalue weighted by Crippen LogP contribution is 2.51. The number of benzene rings is 1. The Labute approximate surface area is 240 Å². The van der Waals surface area contributed by atoms with Crippen LogP contribution in [0.2, 0.25) is 0 Å². The summed E-state index contributed by atoms with van der Waals surface area (Å²) in [5, 5.41) is 51.8. The fourth-order valence-electron chi connectivity index (χ4n) is 5.68. The molecule has 1 aliphatic carbocycles. The maximum Gasteiger partial charge on any atom is 0.337 e. The zero-order valence-electron chi connectivity index (χ0n) is 23.1. The molecular formula is C28H34O14. The van der Waals surface area contributed by atoms with Crippen molar-refractivity contribution >= 4 is 24.0 Å². The Kier molecular flexibility index (Phi) is 9.55. The molecule has 14 nitrogen and oxygen atoms in total. The molecule has 0 radical (unpaired) electrons. The number of carbonyl (C=O) groups excluding carboxylic acids is 3. The molecule has 2 aliphatic heterocycles. The van der Waals surface area contributed by atoms with Crippen molar-refractivity contribution in [3.05, 3.63) is 47.7 Å². The van der Waals surface area contributed by atoms with E-state index in [0.29, 0.717) is 5.56 Å². The highest BCUT2D eigenvalue weighted by atomic mass is 16.8. The van der Waals surface area contributed by atoms with Crippen LogP contribution in [-0.4, -0.2) is 106 Å². The van der Waals surface area contributed by atoms with Crippen molar-refractivity contribution in [1.82, 2.24) is 0 Å². The number of phenolic OH excluding ortho intramolecular Hbond substituents is 1. The van der Waals surface area contributed by atoms with Crippen LogP contribution in [-0.2, 0) is 42.8 Å². The average molecular weight is 595 g/mol. The molecule has 0 amide bonds. The summed E-state index contributed by atoms with van der Waals surface area (Å²) in [6.45, 7) is 1.98. The van der Waals surface area contributed by atoms with Crippen molar-refractivity contribution in [1.29, 1.82) is 0 Å². The van der Waals surface area contributed by atoms with E-state index >= 15 is 0 Å². The van der Waals surface area contributed by atoms with Crippen molar-refractivity contribution < 1.29 is 68.3 Å². The Morgan fingerprint density at radius 2 is 1.79 bits per heavy atom. The highest BCUT2D eigenvalue weighted by molar-refractivity contribution is 5.89. The largest absolute Gasteiger partial charge is 0.508 e. The molecule has 2 fully saturated rings. The molecule has 4 rings (SSSR count). The number of aromatic hydroxyl groups is 1.